The molecule has 6 nitrogen and oxygen atoms in total. The molecule has 0 aromatic heterocycles. The van der Waals surface area contributed by atoms with Gasteiger partial charge in [-0.2, -0.15) is 0 Å². The Balaban J connectivity index is 2.10. The van der Waals surface area contributed by atoms with E-state index in [4.69, 9.17) is 14.6 Å². The summed E-state index contributed by atoms with van der Waals surface area (Å²) in [5, 5.41) is 9.00. The number of aliphatic carboxylic acids is 1. The second-order valence-electron chi connectivity index (χ2n) is 6.02. The number of rotatable bonds is 4. The molecular weight excluding hydrogens is 262 g/mol. The van der Waals surface area contributed by atoms with Crippen molar-refractivity contribution >= 4 is 11.9 Å². The van der Waals surface area contributed by atoms with Crippen LogP contribution >= 0.6 is 0 Å². The SMILES string of the molecule is COC1CC(CC(=O)O)N(C(=O)C2(C)CCCOC2)C1. The quantitative estimate of drug-likeness (QED) is 0.830. The van der Waals surface area contributed by atoms with Crippen LogP contribution in [0.4, 0.5) is 0 Å². The smallest absolute Gasteiger partial charge is 0.305 e. The molecule has 0 saturated carbocycles. The van der Waals surface area contributed by atoms with Crippen LogP contribution in [-0.4, -0.2) is 60.9 Å². The van der Waals surface area contributed by atoms with E-state index < -0.39 is 11.4 Å². The number of carbonyl (C=O) groups excluding carboxylic acids is 1. The number of amides is 1. The fraction of sp³-hybridized carbons (Fsp3) is 0.857. The molecule has 6 heteroatoms. The Morgan fingerprint density at radius 1 is 1.50 bits per heavy atom. The number of ether oxygens (including phenoxy) is 2. The van der Waals surface area contributed by atoms with Gasteiger partial charge in [0.2, 0.25) is 5.91 Å². The van der Waals surface area contributed by atoms with E-state index in [0.29, 0.717) is 26.2 Å². The lowest BCUT2D eigenvalue weighted by Gasteiger charge is -2.37. The van der Waals surface area contributed by atoms with Gasteiger partial charge in [-0.15, -0.1) is 0 Å². The highest BCUT2D eigenvalue weighted by Crippen LogP contribution is 2.34. The Morgan fingerprint density at radius 3 is 2.80 bits per heavy atom. The molecule has 0 aliphatic carbocycles. The summed E-state index contributed by atoms with van der Waals surface area (Å²) < 4.78 is 10.7. The predicted molar refractivity (Wildman–Crippen MR) is 71.3 cm³/mol. The van der Waals surface area contributed by atoms with Gasteiger partial charge in [-0.3, -0.25) is 9.59 Å². The zero-order chi connectivity index (χ0) is 14.8. The van der Waals surface area contributed by atoms with Crippen LogP contribution in [0.3, 0.4) is 0 Å². The van der Waals surface area contributed by atoms with Crippen LogP contribution in [0.15, 0.2) is 0 Å². The number of methoxy groups -OCH3 is 1. The van der Waals surface area contributed by atoms with E-state index in [1.807, 2.05) is 6.92 Å². The van der Waals surface area contributed by atoms with Gasteiger partial charge in [-0.1, -0.05) is 0 Å². The van der Waals surface area contributed by atoms with E-state index in [2.05, 4.69) is 0 Å². The first-order valence-corrected chi connectivity index (χ1v) is 7.09. The molecule has 3 atom stereocenters. The van der Waals surface area contributed by atoms with E-state index in [1.54, 1.807) is 12.0 Å². The highest BCUT2D eigenvalue weighted by atomic mass is 16.5. The Morgan fingerprint density at radius 2 is 2.25 bits per heavy atom. The van der Waals surface area contributed by atoms with E-state index in [0.717, 1.165) is 12.8 Å². The summed E-state index contributed by atoms with van der Waals surface area (Å²) in [7, 11) is 1.60. The molecule has 0 bridgehead atoms. The van der Waals surface area contributed by atoms with E-state index in [-0.39, 0.29) is 24.5 Å². The molecule has 0 aromatic rings. The van der Waals surface area contributed by atoms with Gasteiger partial charge in [0.25, 0.3) is 0 Å². The summed E-state index contributed by atoms with van der Waals surface area (Å²) in [6.45, 7) is 3.50. The Kier molecular flexibility index (Phi) is 4.65. The second kappa shape index (κ2) is 6.10. The fourth-order valence-corrected chi connectivity index (χ4v) is 3.14. The molecule has 0 spiro atoms. The van der Waals surface area contributed by atoms with Gasteiger partial charge < -0.3 is 19.5 Å². The monoisotopic (exact) mass is 285 g/mol. The lowest BCUT2D eigenvalue weighted by atomic mass is 9.83. The second-order valence-corrected chi connectivity index (χ2v) is 6.02. The molecule has 0 radical (unpaired) electrons. The van der Waals surface area contributed by atoms with Crippen LogP contribution < -0.4 is 0 Å². The Bertz CT molecular complexity index is 378. The molecule has 2 aliphatic rings. The number of carboxylic acid groups (broad SMARTS) is 1. The lowest BCUT2D eigenvalue weighted by Crippen LogP contribution is -2.49. The average Bonchev–Trinajstić information content (AvgIpc) is 2.81. The molecule has 3 unspecified atom stereocenters. The molecule has 2 aliphatic heterocycles. The van der Waals surface area contributed by atoms with Crippen molar-refractivity contribution < 1.29 is 24.2 Å². The van der Waals surface area contributed by atoms with Gasteiger partial charge in [0.15, 0.2) is 0 Å². The average molecular weight is 285 g/mol. The van der Waals surface area contributed by atoms with Crippen LogP contribution in [0, 0.1) is 5.41 Å². The minimum absolute atomic E-state index is 0.00278. The normalized spacial score (nSPS) is 34.2. The first-order chi connectivity index (χ1) is 9.46. The molecule has 114 valence electrons. The molecule has 0 aromatic carbocycles. The van der Waals surface area contributed by atoms with Crippen LogP contribution in [-0.2, 0) is 19.1 Å². The molecule has 2 heterocycles. The van der Waals surface area contributed by atoms with Crippen molar-refractivity contribution in [2.24, 2.45) is 5.41 Å². The maximum Gasteiger partial charge on any atom is 0.305 e. The topological polar surface area (TPSA) is 76.1 Å². The van der Waals surface area contributed by atoms with Crippen molar-refractivity contribution in [2.75, 3.05) is 26.9 Å². The summed E-state index contributed by atoms with van der Waals surface area (Å²) in [4.78, 5) is 25.4. The van der Waals surface area contributed by atoms with Gasteiger partial charge in [-0.25, -0.2) is 0 Å². The van der Waals surface area contributed by atoms with Crippen LogP contribution in [0.1, 0.15) is 32.6 Å². The molecular formula is C14H23NO5. The van der Waals surface area contributed by atoms with Gasteiger partial charge in [0.1, 0.15) is 0 Å². The van der Waals surface area contributed by atoms with E-state index in [1.165, 1.54) is 0 Å². The summed E-state index contributed by atoms with van der Waals surface area (Å²) in [5.74, 6) is -0.877. The van der Waals surface area contributed by atoms with Crippen LogP contribution in [0.2, 0.25) is 0 Å². The maximum absolute atomic E-state index is 12.8. The highest BCUT2D eigenvalue weighted by molar-refractivity contribution is 5.84. The number of nitrogens with zero attached hydrogens (tertiary/aromatic N) is 1. The van der Waals surface area contributed by atoms with Gasteiger partial charge in [-0.05, 0) is 26.2 Å². The lowest BCUT2D eigenvalue weighted by molar-refractivity contribution is -0.151. The molecule has 2 saturated heterocycles. The van der Waals surface area contributed by atoms with Crippen LogP contribution in [0.5, 0.6) is 0 Å². The first-order valence-electron chi connectivity index (χ1n) is 7.09. The van der Waals surface area contributed by atoms with Crippen LogP contribution in [0.25, 0.3) is 0 Å². The van der Waals surface area contributed by atoms with Crippen molar-refractivity contribution in [1.82, 2.24) is 4.90 Å². The highest BCUT2D eigenvalue weighted by Gasteiger charge is 2.44. The summed E-state index contributed by atoms with van der Waals surface area (Å²) in [6, 6.07) is -0.274. The summed E-state index contributed by atoms with van der Waals surface area (Å²) >= 11 is 0. The molecule has 2 rings (SSSR count). The molecule has 2 fully saturated rings. The first kappa shape index (κ1) is 15.3. The van der Waals surface area contributed by atoms with Gasteiger partial charge >= 0.3 is 5.97 Å². The standard InChI is InChI=1S/C14H23NO5/c1-14(4-3-5-20-9-14)13(18)15-8-11(19-2)6-10(15)7-12(16)17/h10-11H,3-9H2,1-2H3,(H,16,17). The molecule has 20 heavy (non-hydrogen) atoms. The van der Waals surface area contributed by atoms with E-state index in [9.17, 15) is 9.59 Å². The van der Waals surface area contributed by atoms with Crippen molar-refractivity contribution in [3.05, 3.63) is 0 Å². The number of carbonyl (C=O) groups is 2. The molecule has 1 N–H and O–H groups in total. The summed E-state index contributed by atoms with van der Waals surface area (Å²) in [6.07, 6.45) is 2.15. The Labute approximate surface area is 119 Å². The largest absolute Gasteiger partial charge is 0.481 e. The van der Waals surface area contributed by atoms with Crippen molar-refractivity contribution in [3.8, 4) is 0 Å². The third-order valence-corrected chi connectivity index (χ3v) is 4.33. The number of hydrogen-bond donors (Lipinski definition) is 1. The fourth-order valence-electron chi connectivity index (χ4n) is 3.14. The zero-order valence-corrected chi connectivity index (χ0v) is 12.1. The van der Waals surface area contributed by atoms with Crippen molar-refractivity contribution in [2.45, 2.75) is 44.8 Å². The van der Waals surface area contributed by atoms with Crippen molar-refractivity contribution in [1.29, 1.82) is 0 Å². The number of likely N-dealkylation sites (tertiary alicyclic amines) is 1. The minimum Gasteiger partial charge on any atom is -0.481 e. The number of carboxylic acids is 1. The third-order valence-electron chi connectivity index (χ3n) is 4.33. The third kappa shape index (κ3) is 3.12. The van der Waals surface area contributed by atoms with Gasteiger partial charge in [0, 0.05) is 26.3 Å². The minimum atomic E-state index is -0.880. The maximum atomic E-state index is 12.8. The summed E-state index contributed by atoms with van der Waals surface area (Å²) in [5.41, 5.74) is -0.530. The molecule has 1 amide bonds. The van der Waals surface area contributed by atoms with E-state index >= 15 is 0 Å². The zero-order valence-electron chi connectivity index (χ0n) is 12.1. The predicted octanol–water partition coefficient (Wildman–Crippen LogP) is 0.894. The van der Waals surface area contributed by atoms with Crippen molar-refractivity contribution in [3.63, 3.8) is 0 Å². The number of hydrogen-bond acceptors (Lipinski definition) is 4. The van der Waals surface area contributed by atoms with Gasteiger partial charge in [0.05, 0.1) is 24.5 Å². The Hall–Kier alpha value is -1.14.